The average Bonchev–Trinajstić information content (AvgIpc) is 2.34. The molecule has 2 fully saturated rings. The predicted octanol–water partition coefficient (Wildman–Crippen LogP) is 0.762. The van der Waals surface area contributed by atoms with E-state index in [1.807, 2.05) is 0 Å². The second-order valence-corrected chi connectivity index (χ2v) is 5.25. The lowest BCUT2D eigenvalue weighted by atomic mass is 9.96. The van der Waals surface area contributed by atoms with E-state index in [0.717, 1.165) is 65.0 Å². The van der Waals surface area contributed by atoms with Crippen molar-refractivity contribution in [3.05, 3.63) is 0 Å². The Labute approximate surface area is 104 Å². The third kappa shape index (κ3) is 4.37. The number of piperazine rings is 1. The third-order valence-corrected chi connectivity index (χ3v) is 3.85. The van der Waals surface area contributed by atoms with Gasteiger partial charge in [-0.15, -0.1) is 0 Å². The van der Waals surface area contributed by atoms with E-state index in [9.17, 15) is 4.79 Å². The van der Waals surface area contributed by atoms with Gasteiger partial charge in [-0.05, 0) is 19.9 Å². The fourth-order valence-corrected chi connectivity index (χ4v) is 2.50. The molecule has 0 N–H and O–H groups in total. The van der Waals surface area contributed by atoms with E-state index < -0.39 is 0 Å². The summed E-state index contributed by atoms with van der Waals surface area (Å²) in [5, 5.41) is 0. The highest BCUT2D eigenvalue weighted by molar-refractivity contribution is 5.79. The summed E-state index contributed by atoms with van der Waals surface area (Å²) in [5.74, 6) is 0.406. The molecular weight excluding hydrogens is 216 g/mol. The minimum Gasteiger partial charge on any atom is -0.377 e. The zero-order valence-electron chi connectivity index (χ0n) is 10.9. The predicted molar refractivity (Wildman–Crippen MR) is 67.2 cm³/mol. The first-order valence-electron chi connectivity index (χ1n) is 6.78. The van der Waals surface area contributed by atoms with Crippen molar-refractivity contribution in [2.45, 2.75) is 31.8 Å². The van der Waals surface area contributed by atoms with E-state index in [4.69, 9.17) is 4.74 Å². The first-order valence-corrected chi connectivity index (χ1v) is 6.78. The highest BCUT2D eigenvalue weighted by Crippen LogP contribution is 2.17. The molecule has 0 aromatic rings. The number of nitrogens with zero attached hydrogens (tertiary/aromatic N) is 2. The van der Waals surface area contributed by atoms with Crippen molar-refractivity contribution in [1.82, 2.24) is 9.80 Å². The molecule has 4 heteroatoms. The molecule has 1 saturated heterocycles. The Kier molecular flexibility index (Phi) is 4.95. The maximum Gasteiger partial charge on any atom is 0.133 e. The normalized spacial score (nSPS) is 25.4. The average molecular weight is 240 g/mol. The summed E-state index contributed by atoms with van der Waals surface area (Å²) in [6.45, 7) is 6.50. The minimum atomic E-state index is 0.333. The van der Waals surface area contributed by atoms with Gasteiger partial charge in [0.25, 0.3) is 0 Å². The van der Waals surface area contributed by atoms with Gasteiger partial charge in [0, 0.05) is 45.6 Å². The van der Waals surface area contributed by atoms with Crippen molar-refractivity contribution in [3.63, 3.8) is 0 Å². The van der Waals surface area contributed by atoms with Gasteiger partial charge in [0.05, 0.1) is 12.7 Å². The van der Waals surface area contributed by atoms with Gasteiger partial charge in [0.2, 0.25) is 0 Å². The molecule has 0 aromatic carbocycles. The second kappa shape index (κ2) is 6.47. The van der Waals surface area contributed by atoms with E-state index in [1.165, 1.54) is 0 Å². The minimum absolute atomic E-state index is 0.333. The van der Waals surface area contributed by atoms with Crippen LogP contribution in [-0.4, -0.2) is 68.1 Å². The number of likely N-dealkylation sites (N-methyl/N-ethyl adjacent to an activating group) is 1. The molecule has 1 heterocycles. The van der Waals surface area contributed by atoms with Crippen LogP contribution in [0.1, 0.15) is 25.7 Å². The SMILES string of the molecule is CN1CCN(CCOC2CCC(=O)CC2)CC1. The van der Waals surface area contributed by atoms with Crippen LogP contribution in [0.15, 0.2) is 0 Å². The maximum absolute atomic E-state index is 11.1. The highest BCUT2D eigenvalue weighted by Gasteiger charge is 2.19. The Bertz CT molecular complexity index is 240. The fourth-order valence-electron chi connectivity index (χ4n) is 2.50. The maximum atomic E-state index is 11.1. The lowest BCUT2D eigenvalue weighted by molar-refractivity contribution is -0.123. The van der Waals surface area contributed by atoms with Crippen molar-refractivity contribution >= 4 is 5.78 Å². The molecule has 98 valence electrons. The molecule has 0 bridgehead atoms. The Morgan fingerprint density at radius 3 is 2.47 bits per heavy atom. The topological polar surface area (TPSA) is 32.8 Å². The monoisotopic (exact) mass is 240 g/mol. The molecule has 0 unspecified atom stereocenters. The van der Waals surface area contributed by atoms with Crippen molar-refractivity contribution in [3.8, 4) is 0 Å². The van der Waals surface area contributed by atoms with Gasteiger partial charge in [0.15, 0.2) is 0 Å². The summed E-state index contributed by atoms with van der Waals surface area (Å²) in [4.78, 5) is 15.9. The van der Waals surface area contributed by atoms with Gasteiger partial charge < -0.3 is 9.64 Å². The molecule has 1 aliphatic carbocycles. The summed E-state index contributed by atoms with van der Waals surface area (Å²) in [6.07, 6.45) is 3.64. The van der Waals surface area contributed by atoms with Gasteiger partial charge in [-0.2, -0.15) is 0 Å². The number of carbonyl (C=O) groups excluding carboxylic acids is 1. The number of ether oxygens (including phenoxy) is 1. The molecule has 0 radical (unpaired) electrons. The lowest BCUT2D eigenvalue weighted by Crippen LogP contribution is -2.45. The zero-order chi connectivity index (χ0) is 12.1. The van der Waals surface area contributed by atoms with Crippen molar-refractivity contribution in [1.29, 1.82) is 0 Å². The summed E-state index contributed by atoms with van der Waals surface area (Å²) in [5.41, 5.74) is 0. The number of carbonyl (C=O) groups is 1. The second-order valence-electron chi connectivity index (χ2n) is 5.25. The van der Waals surface area contributed by atoms with Crippen LogP contribution in [0.2, 0.25) is 0 Å². The van der Waals surface area contributed by atoms with Crippen LogP contribution in [0.5, 0.6) is 0 Å². The smallest absolute Gasteiger partial charge is 0.133 e. The van der Waals surface area contributed by atoms with Crippen LogP contribution in [0.4, 0.5) is 0 Å². The van der Waals surface area contributed by atoms with Gasteiger partial charge in [-0.3, -0.25) is 9.69 Å². The molecule has 4 nitrogen and oxygen atoms in total. The van der Waals surface area contributed by atoms with E-state index in [2.05, 4.69) is 16.8 Å². The van der Waals surface area contributed by atoms with Gasteiger partial charge in [-0.1, -0.05) is 0 Å². The molecular formula is C13H24N2O2. The molecule has 0 spiro atoms. The first-order chi connectivity index (χ1) is 8.24. The molecule has 0 atom stereocenters. The molecule has 2 aliphatic rings. The molecule has 2 rings (SSSR count). The Balaban J connectivity index is 1.55. The van der Waals surface area contributed by atoms with E-state index in [-0.39, 0.29) is 0 Å². The molecule has 0 amide bonds. The van der Waals surface area contributed by atoms with Crippen molar-refractivity contribution < 1.29 is 9.53 Å². The van der Waals surface area contributed by atoms with Crippen LogP contribution in [0, 0.1) is 0 Å². The first kappa shape index (κ1) is 13.0. The van der Waals surface area contributed by atoms with E-state index in [0.29, 0.717) is 11.9 Å². The van der Waals surface area contributed by atoms with Crippen LogP contribution in [0.3, 0.4) is 0 Å². The Morgan fingerprint density at radius 2 is 1.82 bits per heavy atom. The standard InChI is InChI=1S/C13H24N2O2/c1-14-6-8-15(9-7-14)10-11-17-13-4-2-12(16)3-5-13/h13H,2-11H2,1H3. The summed E-state index contributed by atoms with van der Waals surface area (Å²) in [6, 6.07) is 0. The zero-order valence-corrected chi connectivity index (χ0v) is 10.9. The molecule has 0 aromatic heterocycles. The Morgan fingerprint density at radius 1 is 1.18 bits per heavy atom. The van der Waals surface area contributed by atoms with Crippen LogP contribution >= 0.6 is 0 Å². The summed E-state index contributed by atoms with van der Waals surface area (Å²) in [7, 11) is 2.17. The van der Waals surface area contributed by atoms with Crippen LogP contribution < -0.4 is 0 Å². The number of hydrogen-bond donors (Lipinski definition) is 0. The van der Waals surface area contributed by atoms with Crippen molar-refractivity contribution in [2.24, 2.45) is 0 Å². The molecule has 1 saturated carbocycles. The lowest BCUT2D eigenvalue weighted by Gasteiger charge is -2.32. The van der Waals surface area contributed by atoms with Gasteiger partial charge in [-0.25, -0.2) is 0 Å². The largest absolute Gasteiger partial charge is 0.377 e. The van der Waals surface area contributed by atoms with Crippen LogP contribution in [0.25, 0.3) is 0 Å². The van der Waals surface area contributed by atoms with Crippen molar-refractivity contribution in [2.75, 3.05) is 46.4 Å². The highest BCUT2D eigenvalue weighted by atomic mass is 16.5. The fraction of sp³-hybridized carbons (Fsp3) is 0.923. The van der Waals surface area contributed by atoms with E-state index in [1.54, 1.807) is 0 Å². The number of Topliss-reactive ketones (excluding diaryl/α,β-unsaturated/α-hetero) is 1. The van der Waals surface area contributed by atoms with Gasteiger partial charge in [0.1, 0.15) is 5.78 Å². The van der Waals surface area contributed by atoms with E-state index >= 15 is 0 Å². The summed E-state index contributed by atoms with van der Waals surface area (Å²) >= 11 is 0. The third-order valence-electron chi connectivity index (χ3n) is 3.85. The molecule has 17 heavy (non-hydrogen) atoms. The molecule has 1 aliphatic heterocycles. The number of ketones is 1. The Hall–Kier alpha value is -0.450. The quantitative estimate of drug-likeness (QED) is 0.726. The van der Waals surface area contributed by atoms with Gasteiger partial charge >= 0.3 is 0 Å². The van der Waals surface area contributed by atoms with Crippen LogP contribution in [-0.2, 0) is 9.53 Å². The number of rotatable bonds is 4. The number of hydrogen-bond acceptors (Lipinski definition) is 4. The summed E-state index contributed by atoms with van der Waals surface area (Å²) < 4.78 is 5.85.